The van der Waals surface area contributed by atoms with Crippen LogP contribution in [-0.4, -0.2) is 26.2 Å². The first kappa shape index (κ1) is 18.3. The number of unbranched alkanes of at least 4 members (excludes halogenated alkanes) is 1. The number of nitrogens with two attached hydrogens (primary N) is 1. The molecule has 0 aromatic heterocycles. The lowest BCUT2D eigenvalue weighted by Gasteiger charge is -2.24. The zero-order valence-electron chi connectivity index (χ0n) is 14.2. The predicted molar refractivity (Wildman–Crippen MR) is 88.3 cm³/mol. The van der Waals surface area contributed by atoms with E-state index in [1.807, 2.05) is 19.1 Å². The Hall–Kier alpha value is -1.75. The molecule has 2 atom stereocenters. The van der Waals surface area contributed by atoms with Gasteiger partial charge in [-0.25, -0.2) is 0 Å². The SMILES string of the molecule is CCCC[C@@H](NC(=O)[C@@H](C)N)c1c(OC)cc(C)cc1OC. The van der Waals surface area contributed by atoms with Crippen molar-refractivity contribution in [1.29, 1.82) is 0 Å². The van der Waals surface area contributed by atoms with Crippen molar-refractivity contribution < 1.29 is 14.3 Å². The van der Waals surface area contributed by atoms with Crippen molar-refractivity contribution in [3.05, 3.63) is 23.3 Å². The number of hydrogen-bond acceptors (Lipinski definition) is 4. The van der Waals surface area contributed by atoms with Gasteiger partial charge in [0.25, 0.3) is 0 Å². The monoisotopic (exact) mass is 308 g/mol. The van der Waals surface area contributed by atoms with Gasteiger partial charge in [0, 0.05) is 0 Å². The Labute approximate surface area is 133 Å². The van der Waals surface area contributed by atoms with E-state index in [0.29, 0.717) is 0 Å². The van der Waals surface area contributed by atoms with Gasteiger partial charge in [-0.05, 0) is 38.0 Å². The minimum absolute atomic E-state index is 0.175. The molecule has 5 nitrogen and oxygen atoms in total. The van der Waals surface area contributed by atoms with E-state index < -0.39 is 6.04 Å². The number of carbonyl (C=O) groups is 1. The smallest absolute Gasteiger partial charge is 0.237 e. The largest absolute Gasteiger partial charge is 0.496 e. The van der Waals surface area contributed by atoms with Crippen LogP contribution in [0.3, 0.4) is 0 Å². The van der Waals surface area contributed by atoms with Gasteiger partial charge in [0.2, 0.25) is 5.91 Å². The highest BCUT2D eigenvalue weighted by Crippen LogP contribution is 2.37. The highest BCUT2D eigenvalue weighted by atomic mass is 16.5. The van der Waals surface area contributed by atoms with Crippen LogP contribution in [0, 0.1) is 6.92 Å². The molecule has 22 heavy (non-hydrogen) atoms. The van der Waals surface area contributed by atoms with Crippen LogP contribution in [0.1, 0.15) is 50.3 Å². The normalized spacial score (nSPS) is 13.4. The molecule has 0 fully saturated rings. The molecular weight excluding hydrogens is 280 g/mol. The third-order valence-electron chi connectivity index (χ3n) is 3.61. The molecule has 1 rings (SSSR count). The average molecular weight is 308 g/mol. The van der Waals surface area contributed by atoms with Crippen LogP contribution >= 0.6 is 0 Å². The van der Waals surface area contributed by atoms with Crippen LogP contribution in [0.25, 0.3) is 0 Å². The molecule has 1 amide bonds. The summed E-state index contributed by atoms with van der Waals surface area (Å²) in [5, 5.41) is 3.01. The summed E-state index contributed by atoms with van der Waals surface area (Å²) in [6.45, 7) is 5.78. The Morgan fingerprint density at radius 1 is 1.27 bits per heavy atom. The third-order valence-corrected chi connectivity index (χ3v) is 3.61. The van der Waals surface area contributed by atoms with E-state index in [-0.39, 0.29) is 11.9 Å². The second-order valence-corrected chi connectivity index (χ2v) is 5.58. The van der Waals surface area contributed by atoms with Crippen molar-refractivity contribution in [3.8, 4) is 11.5 Å². The average Bonchev–Trinajstić information content (AvgIpc) is 2.50. The van der Waals surface area contributed by atoms with Gasteiger partial charge >= 0.3 is 0 Å². The second-order valence-electron chi connectivity index (χ2n) is 5.58. The summed E-state index contributed by atoms with van der Waals surface area (Å²) in [7, 11) is 3.25. The number of hydrogen-bond donors (Lipinski definition) is 2. The summed E-state index contributed by atoms with van der Waals surface area (Å²) in [6.07, 6.45) is 2.84. The molecular formula is C17H28N2O3. The van der Waals surface area contributed by atoms with Gasteiger partial charge < -0.3 is 20.5 Å². The van der Waals surface area contributed by atoms with Crippen molar-refractivity contribution in [2.45, 2.75) is 52.1 Å². The maximum atomic E-state index is 12.0. The van der Waals surface area contributed by atoms with E-state index in [1.54, 1.807) is 21.1 Å². The fourth-order valence-corrected chi connectivity index (χ4v) is 2.41. The van der Waals surface area contributed by atoms with Gasteiger partial charge in [0.15, 0.2) is 0 Å². The molecule has 0 heterocycles. The number of benzene rings is 1. The van der Waals surface area contributed by atoms with Gasteiger partial charge in [0.05, 0.1) is 31.9 Å². The van der Waals surface area contributed by atoms with Crippen LogP contribution in [-0.2, 0) is 4.79 Å². The first-order valence-electron chi connectivity index (χ1n) is 7.73. The maximum absolute atomic E-state index is 12.0. The Morgan fingerprint density at radius 3 is 2.23 bits per heavy atom. The molecule has 0 spiro atoms. The number of aryl methyl sites for hydroxylation is 1. The van der Waals surface area contributed by atoms with Gasteiger partial charge in [-0.15, -0.1) is 0 Å². The molecule has 0 aliphatic heterocycles. The first-order valence-corrected chi connectivity index (χ1v) is 7.73. The van der Waals surface area contributed by atoms with Crippen molar-refractivity contribution in [3.63, 3.8) is 0 Å². The number of nitrogens with one attached hydrogen (secondary N) is 1. The highest BCUT2D eigenvalue weighted by Gasteiger charge is 2.24. The molecule has 3 N–H and O–H groups in total. The first-order chi connectivity index (χ1) is 10.4. The topological polar surface area (TPSA) is 73.6 Å². The van der Waals surface area contributed by atoms with Crippen molar-refractivity contribution in [2.24, 2.45) is 5.73 Å². The Morgan fingerprint density at radius 2 is 1.82 bits per heavy atom. The van der Waals surface area contributed by atoms with Crippen LogP contribution < -0.4 is 20.5 Å². The Bertz CT molecular complexity index is 476. The second kappa shape index (κ2) is 8.63. The summed E-state index contributed by atoms with van der Waals surface area (Å²) in [6, 6.07) is 3.18. The van der Waals surface area contributed by atoms with E-state index in [1.165, 1.54) is 0 Å². The predicted octanol–water partition coefficient (Wildman–Crippen LogP) is 2.71. The summed E-state index contributed by atoms with van der Waals surface area (Å²) in [4.78, 5) is 12.0. The van der Waals surface area contributed by atoms with E-state index >= 15 is 0 Å². The third kappa shape index (κ3) is 4.63. The number of amides is 1. The summed E-state index contributed by atoms with van der Waals surface area (Å²) >= 11 is 0. The van der Waals surface area contributed by atoms with E-state index in [2.05, 4.69) is 12.2 Å². The lowest BCUT2D eigenvalue weighted by atomic mass is 9.97. The lowest BCUT2D eigenvalue weighted by molar-refractivity contribution is -0.122. The van der Waals surface area contributed by atoms with Crippen molar-refractivity contribution in [1.82, 2.24) is 5.32 Å². The number of methoxy groups -OCH3 is 2. The zero-order chi connectivity index (χ0) is 16.7. The molecule has 5 heteroatoms. The molecule has 124 valence electrons. The quantitative estimate of drug-likeness (QED) is 0.774. The number of ether oxygens (including phenoxy) is 2. The number of carbonyl (C=O) groups excluding carboxylic acids is 1. The van der Waals surface area contributed by atoms with Crippen molar-refractivity contribution in [2.75, 3.05) is 14.2 Å². The maximum Gasteiger partial charge on any atom is 0.237 e. The van der Waals surface area contributed by atoms with Crippen LogP contribution in [0.4, 0.5) is 0 Å². The minimum Gasteiger partial charge on any atom is -0.496 e. The zero-order valence-corrected chi connectivity index (χ0v) is 14.2. The Balaban J connectivity index is 3.24. The molecule has 1 aromatic rings. The summed E-state index contributed by atoms with van der Waals surface area (Å²) in [5.74, 6) is 1.27. The van der Waals surface area contributed by atoms with E-state index in [0.717, 1.165) is 41.9 Å². The fraction of sp³-hybridized carbons (Fsp3) is 0.588. The minimum atomic E-state index is -0.549. The fourth-order valence-electron chi connectivity index (χ4n) is 2.41. The van der Waals surface area contributed by atoms with Crippen LogP contribution in [0.5, 0.6) is 11.5 Å². The van der Waals surface area contributed by atoms with Gasteiger partial charge in [0.1, 0.15) is 11.5 Å². The molecule has 0 radical (unpaired) electrons. The standard InChI is InChI=1S/C17H28N2O3/c1-6-7-8-13(19-17(20)12(3)18)16-14(21-4)9-11(2)10-15(16)22-5/h9-10,12-13H,6-8,18H2,1-5H3,(H,19,20)/t12-,13-/m1/s1. The summed E-state index contributed by atoms with van der Waals surface area (Å²) in [5.41, 5.74) is 7.60. The van der Waals surface area contributed by atoms with Gasteiger partial charge in [-0.1, -0.05) is 19.8 Å². The molecule has 0 saturated heterocycles. The summed E-state index contributed by atoms with van der Waals surface area (Å²) < 4.78 is 11.0. The molecule has 0 saturated carbocycles. The number of rotatable bonds is 8. The molecule has 0 aliphatic carbocycles. The molecule has 0 aliphatic rings. The van der Waals surface area contributed by atoms with Crippen molar-refractivity contribution >= 4 is 5.91 Å². The highest BCUT2D eigenvalue weighted by molar-refractivity contribution is 5.81. The van der Waals surface area contributed by atoms with Crippen LogP contribution in [0.2, 0.25) is 0 Å². The Kier molecular flexibility index (Phi) is 7.18. The van der Waals surface area contributed by atoms with E-state index in [9.17, 15) is 4.79 Å². The van der Waals surface area contributed by atoms with Gasteiger partial charge in [-0.3, -0.25) is 4.79 Å². The molecule has 0 bridgehead atoms. The molecule has 1 aromatic carbocycles. The van der Waals surface area contributed by atoms with Gasteiger partial charge in [-0.2, -0.15) is 0 Å². The molecule has 0 unspecified atom stereocenters. The lowest BCUT2D eigenvalue weighted by Crippen LogP contribution is -2.40. The van der Waals surface area contributed by atoms with E-state index in [4.69, 9.17) is 15.2 Å². The van der Waals surface area contributed by atoms with Crippen LogP contribution in [0.15, 0.2) is 12.1 Å².